The molecule has 1 aromatic rings. The van der Waals surface area contributed by atoms with Crippen LogP contribution in [0.3, 0.4) is 0 Å². The van der Waals surface area contributed by atoms with Gasteiger partial charge in [-0.2, -0.15) is 5.26 Å². The number of carbonyl (C=O) groups is 1. The second-order valence-corrected chi connectivity index (χ2v) is 4.14. The average Bonchev–Trinajstić information content (AvgIpc) is 2.17. The lowest BCUT2D eigenvalue weighted by Crippen LogP contribution is -2.28. The highest BCUT2D eigenvalue weighted by Crippen LogP contribution is 2.27. The molecule has 0 atom stereocenters. The lowest BCUT2D eigenvalue weighted by molar-refractivity contribution is -0.142. The number of benzene rings is 1. The van der Waals surface area contributed by atoms with E-state index in [-0.39, 0.29) is 5.02 Å². The first-order valence-corrected chi connectivity index (χ1v) is 4.71. The third kappa shape index (κ3) is 2.11. The summed E-state index contributed by atoms with van der Waals surface area (Å²) in [6, 6.07) is 6.59. The molecule has 0 aromatic heterocycles. The fourth-order valence-corrected chi connectivity index (χ4v) is 1.34. The van der Waals surface area contributed by atoms with Gasteiger partial charge >= 0.3 is 5.97 Å². The molecule has 0 saturated carbocycles. The minimum Gasteiger partial charge on any atom is -0.481 e. The number of rotatable bonds is 2. The summed E-state index contributed by atoms with van der Waals surface area (Å²) in [6.07, 6.45) is 0. The maximum atomic E-state index is 11.0. The number of aliphatic carboxylic acids is 1. The Kier molecular flexibility index (Phi) is 3.01. The molecule has 0 aliphatic rings. The van der Waals surface area contributed by atoms with Gasteiger partial charge in [0.05, 0.1) is 16.0 Å². The minimum absolute atomic E-state index is 0.282. The van der Waals surface area contributed by atoms with E-state index in [1.807, 2.05) is 6.07 Å². The summed E-state index contributed by atoms with van der Waals surface area (Å²) < 4.78 is 0. The van der Waals surface area contributed by atoms with Gasteiger partial charge in [-0.1, -0.05) is 17.7 Å². The molecule has 0 unspecified atom stereocenters. The first-order valence-electron chi connectivity index (χ1n) is 4.33. The summed E-state index contributed by atoms with van der Waals surface area (Å²) in [6.45, 7) is 3.18. The van der Waals surface area contributed by atoms with Gasteiger partial charge in [0.15, 0.2) is 0 Å². The van der Waals surface area contributed by atoms with Crippen molar-refractivity contribution >= 4 is 17.6 Å². The number of hydrogen-bond acceptors (Lipinski definition) is 2. The molecule has 0 aliphatic carbocycles. The van der Waals surface area contributed by atoms with Crippen LogP contribution in [0.2, 0.25) is 5.02 Å². The second kappa shape index (κ2) is 3.92. The molecule has 0 bridgehead atoms. The molecule has 0 amide bonds. The topological polar surface area (TPSA) is 61.1 Å². The highest BCUT2D eigenvalue weighted by Gasteiger charge is 2.29. The van der Waals surface area contributed by atoms with Gasteiger partial charge in [0.25, 0.3) is 0 Å². The fourth-order valence-electron chi connectivity index (χ4n) is 1.12. The van der Waals surface area contributed by atoms with Crippen molar-refractivity contribution in [2.24, 2.45) is 0 Å². The van der Waals surface area contributed by atoms with Crippen molar-refractivity contribution in [2.75, 3.05) is 0 Å². The molecule has 1 N–H and O–H groups in total. The van der Waals surface area contributed by atoms with Gasteiger partial charge in [-0.25, -0.2) is 0 Å². The molecule has 0 aliphatic heterocycles. The quantitative estimate of drug-likeness (QED) is 0.838. The van der Waals surface area contributed by atoms with Gasteiger partial charge in [-0.15, -0.1) is 0 Å². The first kappa shape index (κ1) is 11.5. The van der Waals surface area contributed by atoms with Crippen molar-refractivity contribution in [1.29, 1.82) is 5.26 Å². The number of halogens is 1. The Labute approximate surface area is 92.9 Å². The smallest absolute Gasteiger partial charge is 0.313 e. The Bertz CT molecular complexity index is 446. The van der Waals surface area contributed by atoms with E-state index < -0.39 is 11.4 Å². The van der Waals surface area contributed by atoms with E-state index >= 15 is 0 Å². The van der Waals surface area contributed by atoms with Crippen molar-refractivity contribution in [3.8, 4) is 6.07 Å². The van der Waals surface area contributed by atoms with Crippen molar-refractivity contribution in [3.05, 3.63) is 34.3 Å². The molecule has 0 fully saturated rings. The number of nitriles is 1. The highest BCUT2D eigenvalue weighted by molar-refractivity contribution is 6.31. The molecular weight excluding hydrogens is 214 g/mol. The minimum atomic E-state index is -1.00. The SMILES string of the molecule is CC(C)(C(=O)O)c1ccc(C#N)c(Cl)c1. The second-order valence-electron chi connectivity index (χ2n) is 3.74. The van der Waals surface area contributed by atoms with E-state index in [4.69, 9.17) is 22.0 Å². The predicted octanol–water partition coefficient (Wildman–Crippen LogP) is 2.57. The third-order valence-corrected chi connectivity index (χ3v) is 2.66. The Balaban J connectivity index is 3.25. The molecular formula is C11H10ClNO2. The largest absolute Gasteiger partial charge is 0.481 e. The van der Waals surface area contributed by atoms with Crippen LogP contribution in [-0.4, -0.2) is 11.1 Å². The molecule has 0 spiro atoms. The summed E-state index contributed by atoms with van der Waals surface area (Å²) in [5, 5.41) is 18.0. The van der Waals surface area contributed by atoms with Crippen LogP contribution < -0.4 is 0 Å². The zero-order chi connectivity index (χ0) is 11.6. The molecule has 0 heterocycles. The van der Waals surface area contributed by atoms with Gasteiger partial charge < -0.3 is 5.11 Å². The zero-order valence-corrected chi connectivity index (χ0v) is 9.17. The fraction of sp³-hybridized carbons (Fsp3) is 0.273. The van der Waals surface area contributed by atoms with Gasteiger partial charge in [-0.3, -0.25) is 4.79 Å². The maximum absolute atomic E-state index is 11.0. The van der Waals surface area contributed by atoms with Crippen molar-refractivity contribution in [3.63, 3.8) is 0 Å². The van der Waals surface area contributed by atoms with E-state index in [0.29, 0.717) is 11.1 Å². The molecule has 1 aromatic carbocycles. The maximum Gasteiger partial charge on any atom is 0.313 e. The number of hydrogen-bond donors (Lipinski definition) is 1. The van der Waals surface area contributed by atoms with E-state index in [0.717, 1.165) is 0 Å². The van der Waals surface area contributed by atoms with Gasteiger partial charge in [0, 0.05) is 0 Å². The van der Waals surface area contributed by atoms with Crippen LogP contribution in [-0.2, 0) is 10.2 Å². The Morgan fingerprint density at radius 3 is 2.53 bits per heavy atom. The van der Waals surface area contributed by atoms with Crippen LogP contribution >= 0.6 is 11.6 Å². The normalized spacial score (nSPS) is 10.8. The lowest BCUT2D eigenvalue weighted by Gasteiger charge is -2.19. The first-order chi connectivity index (χ1) is 6.89. The summed E-state index contributed by atoms with van der Waals surface area (Å²) in [7, 11) is 0. The van der Waals surface area contributed by atoms with Crippen LogP contribution in [0.1, 0.15) is 25.0 Å². The van der Waals surface area contributed by atoms with E-state index in [1.165, 1.54) is 12.1 Å². The molecule has 15 heavy (non-hydrogen) atoms. The van der Waals surface area contributed by atoms with Gasteiger partial charge in [-0.05, 0) is 31.5 Å². The average molecular weight is 224 g/mol. The Morgan fingerprint density at radius 1 is 1.53 bits per heavy atom. The van der Waals surface area contributed by atoms with E-state index in [9.17, 15) is 4.79 Å². The van der Waals surface area contributed by atoms with Crippen LogP contribution in [0.4, 0.5) is 0 Å². The predicted molar refractivity (Wildman–Crippen MR) is 56.8 cm³/mol. The standard InChI is InChI=1S/C11H10ClNO2/c1-11(2,10(14)15)8-4-3-7(6-13)9(12)5-8/h3-5H,1-2H3,(H,14,15). The molecule has 1 rings (SSSR count). The summed E-state index contributed by atoms with van der Waals surface area (Å²) in [4.78, 5) is 11.0. The highest BCUT2D eigenvalue weighted by atomic mass is 35.5. The van der Waals surface area contributed by atoms with Crippen molar-refractivity contribution in [2.45, 2.75) is 19.3 Å². The van der Waals surface area contributed by atoms with Crippen LogP contribution in [0, 0.1) is 11.3 Å². The monoisotopic (exact) mass is 223 g/mol. The Morgan fingerprint density at radius 2 is 2.13 bits per heavy atom. The molecule has 4 heteroatoms. The molecule has 3 nitrogen and oxygen atoms in total. The van der Waals surface area contributed by atoms with Crippen molar-refractivity contribution < 1.29 is 9.90 Å². The van der Waals surface area contributed by atoms with Gasteiger partial charge in [0.2, 0.25) is 0 Å². The molecule has 0 radical (unpaired) electrons. The van der Waals surface area contributed by atoms with E-state index in [1.54, 1.807) is 19.9 Å². The van der Waals surface area contributed by atoms with Crippen LogP contribution in [0.25, 0.3) is 0 Å². The Hall–Kier alpha value is -1.53. The third-order valence-electron chi connectivity index (χ3n) is 2.35. The van der Waals surface area contributed by atoms with Gasteiger partial charge in [0.1, 0.15) is 6.07 Å². The zero-order valence-electron chi connectivity index (χ0n) is 8.41. The number of carboxylic acid groups (broad SMARTS) is 1. The van der Waals surface area contributed by atoms with Crippen LogP contribution in [0.15, 0.2) is 18.2 Å². The van der Waals surface area contributed by atoms with E-state index in [2.05, 4.69) is 0 Å². The summed E-state index contributed by atoms with van der Waals surface area (Å²) >= 11 is 5.82. The van der Waals surface area contributed by atoms with Crippen molar-refractivity contribution in [1.82, 2.24) is 0 Å². The van der Waals surface area contributed by atoms with Crippen LogP contribution in [0.5, 0.6) is 0 Å². The molecule has 78 valence electrons. The summed E-state index contributed by atoms with van der Waals surface area (Å²) in [5.74, 6) is -0.928. The summed E-state index contributed by atoms with van der Waals surface area (Å²) in [5.41, 5.74) is -0.0712. The molecule has 0 saturated heterocycles. The number of carboxylic acids is 1. The number of nitrogens with zero attached hydrogens (tertiary/aromatic N) is 1. The lowest BCUT2D eigenvalue weighted by atomic mass is 9.84.